The van der Waals surface area contributed by atoms with Crippen LogP contribution in [-0.2, 0) is 16.0 Å². The maximum absolute atomic E-state index is 12.3. The summed E-state index contributed by atoms with van der Waals surface area (Å²) in [5.41, 5.74) is 2.94. The molecule has 0 fully saturated rings. The number of esters is 1. The van der Waals surface area contributed by atoms with Gasteiger partial charge in [-0.1, -0.05) is 24.3 Å². The molecule has 0 bridgehead atoms. The number of thioether (sulfide) groups is 1. The van der Waals surface area contributed by atoms with Gasteiger partial charge in [0, 0.05) is 29.5 Å². The highest BCUT2D eigenvalue weighted by atomic mass is 32.2. The molecular weight excluding hydrogens is 308 g/mol. The normalized spacial score (nSPS) is 16.4. The average Bonchev–Trinajstić information content (AvgIpc) is 3.18. The van der Waals surface area contributed by atoms with Crippen LogP contribution in [0.4, 0.5) is 0 Å². The Balaban J connectivity index is 1.37. The molecule has 1 aliphatic heterocycles. The summed E-state index contributed by atoms with van der Waals surface area (Å²) in [6.45, 7) is 0.367. The van der Waals surface area contributed by atoms with Crippen molar-refractivity contribution in [3.05, 3.63) is 66.1 Å². The molecule has 1 aromatic carbocycles. The van der Waals surface area contributed by atoms with E-state index < -0.39 is 0 Å². The van der Waals surface area contributed by atoms with Crippen LogP contribution in [-0.4, -0.2) is 27.7 Å². The molecule has 2 aromatic heterocycles. The summed E-state index contributed by atoms with van der Waals surface area (Å²) in [5, 5.41) is 0. The Labute approximate surface area is 138 Å². The lowest BCUT2D eigenvalue weighted by Gasteiger charge is -2.10. The SMILES string of the molecule is O=C(OCCc1cn2ccccc2n1)[C@@H]1CSc2ccccc21. The molecule has 0 saturated carbocycles. The zero-order valence-corrected chi connectivity index (χ0v) is 13.3. The minimum Gasteiger partial charge on any atom is -0.465 e. The van der Waals surface area contributed by atoms with Gasteiger partial charge in [0.1, 0.15) is 5.65 Å². The van der Waals surface area contributed by atoms with E-state index in [0.717, 1.165) is 22.7 Å². The fourth-order valence-electron chi connectivity index (χ4n) is 2.82. The van der Waals surface area contributed by atoms with Gasteiger partial charge in [0.25, 0.3) is 0 Å². The van der Waals surface area contributed by atoms with Crippen LogP contribution in [0.2, 0.25) is 0 Å². The van der Waals surface area contributed by atoms with Crippen molar-refractivity contribution >= 4 is 23.4 Å². The molecule has 5 heteroatoms. The fraction of sp³-hybridized carbons (Fsp3) is 0.222. The maximum Gasteiger partial charge on any atom is 0.314 e. The number of fused-ring (bicyclic) bond motifs is 2. The summed E-state index contributed by atoms with van der Waals surface area (Å²) in [4.78, 5) is 18.0. The number of nitrogens with zero attached hydrogens (tertiary/aromatic N) is 2. The van der Waals surface area contributed by atoms with Gasteiger partial charge in [-0.3, -0.25) is 4.79 Å². The lowest BCUT2D eigenvalue weighted by molar-refractivity contribution is -0.144. The molecule has 4 rings (SSSR count). The van der Waals surface area contributed by atoms with E-state index in [1.54, 1.807) is 11.8 Å². The highest BCUT2D eigenvalue weighted by Crippen LogP contribution is 2.39. The first-order valence-corrected chi connectivity index (χ1v) is 8.61. The maximum atomic E-state index is 12.3. The van der Waals surface area contributed by atoms with E-state index in [4.69, 9.17) is 4.74 Å². The Morgan fingerprint density at radius 2 is 2.13 bits per heavy atom. The minimum atomic E-state index is -0.141. The summed E-state index contributed by atoms with van der Waals surface area (Å²) < 4.78 is 7.45. The zero-order valence-electron chi connectivity index (χ0n) is 12.5. The van der Waals surface area contributed by atoms with E-state index in [9.17, 15) is 4.79 Å². The van der Waals surface area contributed by atoms with Crippen molar-refractivity contribution < 1.29 is 9.53 Å². The molecule has 0 spiro atoms. The molecule has 116 valence electrons. The Morgan fingerprint density at radius 1 is 1.26 bits per heavy atom. The van der Waals surface area contributed by atoms with E-state index in [-0.39, 0.29) is 11.9 Å². The van der Waals surface area contributed by atoms with Crippen LogP contribution >= 0.6 is 11.8 Å². The Morgan fingerprint density at radius 3 is 3.04 bits per heavy atom. The lowest BCUT2D eigenvalue weighted by atomic mass is 10.0. The van der Waals surface area contributed by atoms with Crippen molar-refractivity contribution in [3.63, 3.8) is 0 Å². The molecule has 23 heavy (non-hydrogen) atoms. The number of imidazole rings is 1. The van der Waals surface area contributed by atoms with Gasteiger partial charge < -0.3 is 9.14 Å². The number of carbonyl (C=O) groups is 1. The molecule has 3 heterocycles. The van der Waals surface area contributed by atoms with Crippen molar-refractivity contribution in [1.82, 2.24) is 9.38 Å². The first-order valence-electron chi connectivity index (χ1n) is 7.62. The highest BCUT2D eigenvalue weighted by molar-refractivity contribution is 7.99. The molecule has 0 unspecified atom stereocenters. The summed E-state index contributed by atoms with van der Waals surface area (Å²) in [5.74, 6) is 0.496. The topological polar surface area (TPSA) is 43.6 Å². The number of ether oxygens (including phenoxy) is 1. The molecule has 0 aliphatic carbocycles. The molecule has 4 nitrogen and oxygen atoms in total. The van der Waals surface area contributed by atoms with Gasteiger partial charge in [0.15, 0.2) is 0 Å². The first kappa shape index (κ1) is 14.3. The Bertz CT molecular complexity index is 826. The van der Waals surface area contributed by atoms with Crippen molar-refractivity contribution in [2.45, 2.75) is 17.2 Å². The zero-order chi connectivity index (χ0) is 15.6. The van der Waals surface area contributed by atoms with Crippen molar-refractivity contribution in [2.75, 3.05) is 12.4 Å². The molecule has 3 aromatic rings. The van der Waals surface area contributed by atoms with E-state index in [2.05, 4.69) is 11.1 Å². The van der Waals surface area contributed by atoms with Crippen LogP contribution in [0.25, 0.3) is 5.65 Å². The predicted molar refractivity (Wildman–Crippen MR) is 89.8 cm³/mol. The van der Waals surface area contributed by atoms with E-state index in [0.29, 0.717) is 13.0 Å². The molecule has 0 radical (unpaired) electrons. The number of benzene rings is 1. The monoisotopic (exact) mass is 324 g/mol. The first-order chi connectivity index (χ1) is 11.3. The number of rotatable bonds is 4. The van der Waals surface area contributed by atoms with Crippen LogP contribution < -0.4 is 0 Å². The quantitative estimate of drug-likeness (QED) is 0.691. The van der Waals surface area contributed by atoms with Gasteiger partial charge in [-0.05, 0) is 23.8 Å². The number of pyridine rings is 1. The lowest BCUT2D eigenvalue weighted by Crippen LogP contribution is -2.17. The average molecular weight is 324 g/mol. The third-order valence-electron chi connectivity index (χ3n) is 4.00. The van der Waals surface area contributed by atoms with E-state index >= 15 is 0 Å². The second-order valence-electron chi connectivity index (χ2n) is 5.52. The number of hydrogen-bond donors (Lipinski definition) is 0. The highest BCUT2D eigenvalue weighted by Gasteiger charge is 2.30. The molecular formula is C18H16N2O2S. The van der Waals surface area contributed by atoms with Gasteiger partial charge in [-0.15, -0.1) is 11.8 Å². The standard InChI is InChI=1S/C18H16N2O2S/c21-18(15-12-23-16-6-2-1-5-14(15)16)22-10-8-13-11-20-9-4-3-7-17(20)19-13/h1-7,9,11,15H,8,10,12H2/t15-/m1/s1. The third kappa shape index (κ3) is 2.84. The summed E-state index contributed by atoms with van der Waals surface area (Å²) >= 11 is 1.72. The van der Waals surface area contributed by atoms with Crippen LogP contribution in [0, 0.1) is 0 Å². The summed E-state index contributed by atoms with van der Waals surface area (Å²) in [6, 6.07) is 13.9. The van der Waals surface area contributed by atoms with Crippen LogP contribution in [0.15, 0.2) is 59.8 Å². The van der Waals surface area contributed by atoms with Crippen LogP contribution in [0.5, 0.6) is 0 Å². The van der Waals surface area contributed by atoms with Crippen LogP contribution in [0.3, 0.4) is 0 Å². The summed E-state index contributed by atoms with van der Waals surface area (Å²) in [6.07, 6.45) is 4.57. The van der Waals surface area contributed by atoms with Crippen molar-refractivity contribution in [1.29, 1.82) is 0 Å². The second kappa shape index (κ2) is 6.08. The Hall–Kier alpha value is -2.27. The van der Waals surface area contributed by atoms with Gasteiger partial charge in [0.2, 0.25) is 0 Å². The van der Waals surface area contributed by atoms with Gasteiger partial charge >= 0.3 is 5.97 Å². The van der Waals surface area contributed by atoms with Crippen LogP contribution in [0.1, 0.15) is 17.2 Å². The fourth-order valence-corrected chi connectivity index (χ4v) is 4.04. The van der Waals surface area contributed by atoms with E-state index in [1.807, 2.05) is 53.2 Å². The largest absolute Gasteiger partial charge is 0.465 e. The van der Waals surface area contributed by atoms with Gasteiger partial charge in [0.05, 0.1) is 18.2 Å². The molecule has 1 atom stereocenters. The number of carbonyl (C=O) groups excluding carboxylic acids is 1. The third-order valence-corrected chi connectivity index (χ3v) is 5.18. The predicted octanol–water partition coefficient (Wildman–Crippen LogP) is 3.31. The molecule has 0 N–H and O–H groups in total. The van der Waals surface area contributed by atoms with Crippen molar-refractivity contribution in [3.8, 4) is 0 Å². The van der Waals surface area contributed by atoms with Gasteiger partial charge in [-0.2, -0.15) is 0 Å². The smallest absolute Gasteiger partial charge is 0.314 e. The molecule has 1 aliphatic rings. The number of hydrogen-bond acceptors (Lipinski definition) is 4. The van der Waals surface area contributed by atoms with Gasteiger partial charge in [-0.25, -0.2) is 4.98 Å². The Kier molecular flexibility index (Phi) is 3.79. The minimum absolute atomic E-state index is 0.133. The molecule has 0 amide bonds. The number of aromatic nitrogens is 2. The van der Waals surface area contributed by atoms with Crippen molar-refractivity contribution in [2.24, 2.45) is 0 Å². The second-order valence-corrected chi connectivity index (χ2v) is 6.58. The van der Waals surface area contributed by atoms with E-state index in [1.165, 1.54) is 4.90 Å². The summed E-state index contributed by atoms with van der Waals surface area (Å²) in [7, 11) is 0. The molecule has 0 saturated heterocycles.